The van der Waals surface area contributed by atoms with Gasteiger partial charge in [-0.25, -0.2) is 4.39 Å². The van der Waals surface area contributed by atoms with Crippen LogP contribution in [0.1, 0.15) is 11.1 Å². The number of carbonyl (C=O) groups is 2. The van der Waals surface area contributed by atoms with Crippen LogP contribution in [0.2, 0.25) is 5.02 Å². The Morgan fingerprint density at radius 1 is 1.29 bits per heavy atom. The van der Waals surface area contributed by atoms with Crippen molar-refractivity contribution < 1.29 is 23.8 Å². The van der Waals surface area contributed by atoms with Crippen molar-refractivity contribution in [3.05, 3.63) is 69.3 Å². The summed E-state index contributed by atoms with van der Waals surface area (Å²) in [5.74, 6) is -1.68. The van der Waals surface area contributed by atoms with E-state index in [1.54, 1.807) is 36.4 Å². The lowest BCUT2D eigenvalue weighted by Crippen LogP contribution is -2.33. The molecule has 0 aromatic heterocycles. The number of carbonyl (C=O) groups excluding carboxylic acids is 1. The first kappa shape index (κ1) is 20.3. The van der Waals surface area contributed by atoms with Gasteiger partial charge in [0.1, 0.15) is 29.0 Å². The molecule has 144 valence electrons. The molecule has 1 saturated heterocycles. The summed E-state index contributed by atoms with van der Waals surface area (Å²) >= 11 is 12.1. The average Bonchev–Trinajstić information content (AvgIpc) is 2.89. The second kappa shape index (κ2) is 8.72. The van der Waals surface area contributed by atoms with Crippen LogP contribution >= 0.6 is 35.6 Å². The number of hydrogen-bond acceptors (Lipinski definition) is 5. The molecule has 0 aliphatic carbocycles. The van der Waals surface area contributed by atoms with Crippen molar-refractivity contribution in [1.29, 1.82) is 0 Å². The van der Waals surface area contributed by atoms with Gasteiger partial charge in [-0.2, -0.15) is 0 Å². The monoisotopic (exact) mass is 437 g/mol. The van der Waals surface area contributed by atoms with Crippen LogP contribution in [-0.2, 0) is 16.2 Å². The molecule has 0 saturated carbocycles. The predicted octanol–water partition coefficient (Wildman–Crippen LogP) is 4.34. The summed E-state index contributed by atoms with van der Waals surface area (Å²) in [4.78, 5) is 24.6. The lowest BCUT2D eigenvalue weighted by atomic mass is 10.1. The lowest BCUT2D eigenvalue weighted by molar-refractivity contribution is -0.140. The Morgan fingerprint density at radius 3 is 2.75 bits per heavy atom. The molecule has 0 spiro atoms. The highest BCUT2D eigenvalue weighted by Gasteiger charge is 2.33. The highest BCUT2D eigenvalue weighted by Crippen LogP contribution is 2.34. The van der Waals surface area contributed by atoms with E-state index in [1.807, 2.05) is 0 Å². The summed E-state index contributed by atoms with van der Waals surface area (Å²) in [6, 6.07) is 11.3. The molecule has 0 unspecified atom stereocenters. The van der Waals surface area contributed by atoms with Crippen LogP contribution in [-0.4, -0.2) is 32.7 Å². The van der Waals surface area contributed by atoms with E-state index in [0.29, 0.717) is 11.3 Å². The van der Waals surface area contributed by atoms with Crippen LogP contribution in [0.15, 0.2) is 47.4 Å². The van der Waals surface area contributed by atoms with Gasteiger partial charge in [0.2, 0.25) is 0 Å². The number of carboxylic acid groups (broad SMARTS) is 1. The maximum absolute atomic E-state index is 13.9. The molecule has 1 fully saturated rings. The van der Waals surface area contributed by atoms with Crippen molar-refractivity contribution in [2.75, 3.05) is 6.54 Å². The molecule has 1 aliphatic heterocycles. The van der Waals surface area contributed by atoms with Gasteiger partial charge in [0.15, 0.2) is 0 Å². The molecule has 0 atom stereocenters. The fraction of sp³-hybridized carbons (Fsp3) is 0.105. The Kier molecular flexibility index (Phi) is 6.33. The Balaban J connectivity index is 1.83. The molecule has 1 amide bonds. The second-order valence-electron chi connectivity index (χ2n) is 5.69. The van der Waals surface area contributed by atoms with E-state index in [0.717, 1.165) is 16.7 Å². The van der Waals surface area contributed by atoms with Gasteiger partial charge in [0.05, 0.1) is 9.93 Å². The Bertz CT molecular complexity index is 975. The largest absolute Gasteiger partial charge is 0.488 e. The zero-order valence-corrected chi connectivity index (χ0v) is 16.6. The van der Waals surface area contributed by atoms with Crippen LogP contribution in [0, 0.1) is 5.82 Å². The van der Waals surface area contributed by atoms with Gasteiger partial charge in [0, 0.05) is 11.1 Å². The number of para-hydroxylation sites is 1. The van der Waals surface area contributed by atoms with Gasteiger partial charge in [0.25, 0.3) is 5.91 Å². The van der Waals surface area contributed by atoms with Crippen LogP contribution in [0.25, 0.3) is 6.08 Å². The summed E-state index contributed by atoms with van der Waals surface area (Å²) in [7, 11) is 0. The van der Waals surface area contributed by atoms with Crippen molar-refractivity contribution >= 4 is 57.9 Å². The molecule has 3 rings (SSSR count). The fourth-order valence-corrected chi connectivity index (χ4v) is 3.93. The molecule has 2 aromatic rings. The molecule has 0 radical (unpaired) electrons. The van der Waals surface area contributed by atoms with Crippen LogP contribution in [0.3, 0.4) is 0 Å². The van der Waals surface area contributed by atoms with Crippen molar-refractivity contribution in [2.45, 2.75) is 6.61 Å². The quantitative estimate of drug-likeness (QED) is 0.535. The second-order valence-corrected chi connectivity index (χ2v) is 7.77. The van der Waals surface area contributed by atoms with E-state index < -0.39 is 24.2 Å². The van der Waals surface area contributed by atoms with Gasteiger partial charge >= 0.3 is 5.97 Å². The fourth-order valence-electron chi connectivity index (χ4n) is 2.46. The van der Waals surface area contributed by atoms with Crippen molar-refractivity contribution in [2.24, 2.45) is 0 Å². The Hall–Kier alpha value is -2.42. The molecule has 1 heterocycles. The molecule has 1 aliphatic rings. The van der Waals surface area contributed by atoms with Crippen molar-refractivity contribution in [3.63, 3.8) is 0 Å². The maximum atomic E-state index is 13.9. The van der Waals surface area contributed by atoms with Crippen LogP contribution in [0.4, 0.5) is 4.39 Å². The van der Waals surface area contributed by atoms with E-state index in [4.69, 9.17) is 33.7 Å². The number of thiocarbonyl (C=S) groups is 1. The molecule has 9 heteroatoms. The zero-order valence-electron chi connectivity index (χ0n) is 14.2. The topological polar surface area (TPSA) is 66.8 Å². The summed E-state index contributed by atoms with van der Waals surface area (Å²) in [5, 5.41) is 9.17. The average molecular weight is 438 g/mol. The highest BCUT2D eigenvalue weighted by atomic mass is 35.5. The number of halogens is 2. The number of amides is 1. The number of hydrogen-bond donors (Lipinski definition) is 1. The normalized spacial score (nSPS) is 15.4. The van der Waals surface area contributed by atoms with E-state index in [-0.39, 0.29) is 26.4 Å². The summed E-state index contributed by atoms with van der Waals surface area (Å²) in [6.07, 6.45) is 1.57. The SMILES string of the molecule is O=C(O)CN1C(=O)/C(=C\c2ccccc2OCc2c(F)cccc2Cl)SC1=S. The minimum absolute atomic E-state index is 0.0870. The predicted molar refractivity (Wildman–Crippen MR) is 110 cm³/mol. The minimum atomic E-state index is -1.15. The van der Waals surface area contributed by atoms with Gasteiger partial charge in [-0.1, -0.05) is 59.8 Å². The number of ether oxygens (including phenoxy) is 1. The number of carboxylic acids is 1. The molecular formula is C19H13ClFNO4S2. The number of rotatable bonds is 6. The zero-order chi connectivity index (χ0) is 20.3. The highest BCUT2D eigenvalue weighted by molar-refractivity contribution is 8.26. The molecule has 5 nitrogen and oxygen atoms in total. The van der Waals surface area contributed by atoms with Crippen molar-refractivity contribution in [1.82, 2.24) is 4.90 Å². The van der Waals surface area contributed by atoms with E-state index in [2.05, 4.69) is 0 Å². The summed E-state index contributed by atoms with van der Waals surface area (Å²) < 4.78 is 19.8. The minimum Gasteiger partial charge on any atom is -0.488 e. The number of thioether (sulfide) groups is 1. The summed E-state index contributed by atoms with van der Waals surface area (Å²) in [6.45, 7) is -0.581. The molecular weight excluding hydrogens is 425 g/mol. The lowest BCUT2D eigenvalue weighted by Gasteiger charge is -2.12. The Morgan fingerprint density at radius 2 is 2.04 bits per heavy atom. The number of nitrogens with zero attached hydrogens (tertiary/aromatic N) is 1. The van der Waals surface area contributed by atoms with E-state index in [1.165, 1.54) is 12.1 Å². The number of benzene rings is 2. The first-order valence-corrected chi connectivity index (χ1v) is 9.59. The third-order valence-electron chi connectivity index (χ3n) is 3.81. The van der Waals surface area contributed by atoms with Crippen molar-refractivity contribution in [3.8, 4) is 5.75 Å². The first-order chi connectivity index (χ1) is 13.4. The standard InChI is InChI=1S/C19H13ClFNO4S2/c20-13-5-3-6-14(21)12(13)10-26-15-7-2-1-4-11(15)8-16-18(25)22(9-17(23)24)19(27)28-16/h1-8H,9-10H2,(H,23,24)/b16-8+. The molecule has 28 heavy (non-hydrogen) atoms. The van der Waals surface area contributed by atoms with E-state index in [9.17, 15) is 14.0 Å². The smallest absolute Gasteiger partial charge is 0.323 e. The third-order valence-corrected chi connectivity index (χ3v) is 5.54. The van der Waals surface area contributed by atoms with Crippen LogP contribution in [0.5, 0.6) is 5.75 Å². The number of aliphatic carboxylic acids is 1. The van der Waals surface area contributed by atoms with Gasteiger partial charge in [-0.05, 0) is 24.3 Å². The molecule has 0 bridgehead atoms. The van der Waals surface area contributed by atoms with Gasteiger partial charge in [-0.3, -0.25) is 14.5 Å². The van der Waals surface area contributed by atoms with Gasteiger partial charge in [-0.15, -0.1) is 0 Å². The third kappa shape index (κ3) is 4.52. The molecule has 2 aromatic carbocycles. The Labute approximate surface area is 174 Å². The van der Waals surface area contributed by atoms with E-state index >= 15 is 0 Å². The van der Waals surface area contributed by atoms with Gasteiger partial charge < -0.3 is 9.84 Å². The maximum Gasteiger partial charge on any atom is 0.323 e. The van der Waals surface area contributed by atoms with Crippen LogP contribution < -0.4 is 4.74 Å². The summed E-state index contributed by atoms with van der Waals surface area (Å²) in [5.41, 5.74) is 0.803. The first-order valence-electron chi connectivity index (χ1n) is 7.98. The molecule has 1 N–H and O–H groups in total.